The molecule has 1 aliphatic rings. The lowest BCUT2D eigenvalue weighted by molar-refractivity contribution is 0.0731. The highest BCUT2D eigenvalue weighted by Gasteiger charge is 2.21. The first kappa shape index (κ1) is 15.0. The summed E-state index contributed by atoms with van der Waals surface area (Å²) in [5.41, 5.74) is 1.64. The van der Waals surface area contributed by atoms with E-state index in [1.54, 1.807) is 6.20 Å². The third-order valence-corrected chi connectivity index (χ3v) is 3.79. The zero-order chi connectivity index (χ0) is 14.4. The topological polar surface area (TPSA) is 45.2 Å². The SMILES string of the molecule is CCCN(CC1CCCCN1)C(=O)c1ccc(C)nc1. The molecule has 4 heteroatoms. The van der Waals surface area contributed by atoms with Crippen LogP contribution < -0.4 is 5.32 Å². The van der Waals surface area contributed by atoms with Crippen LogP contribution in [0.15, 0.2) is 18.3 Å². The number of nitrogens with one attached hydrogen (secondary N) is 1. The van der Waals surface area contributed by atoms with E-state index in [-0.39, 0.29) is 5.91 Å². The van der Waals surface area contributed by atoms with Crippen LogP contribution in [0.5, 0.6) is 0 Å². The molecule has 0 bridgehead atoms. The minimum Gasteiger partial charge on any atom is -0.337 e. The quantitative estimate of drug-likeness (QED) is 0.897. The third-order valence-electron chi connectivity index (χ3n) is 3.79. The minimum atomic E-state index is 0.103. The first-order valence-electron chi connectivity index (χ1n) is 7.66. The van der Waals surface area contributed by atoms with Crippen molar-refractivity contribution in [2.75, 3.05) is 19.6 Å². The van der Waals surface area contributed by atoms with E-state index < -0.39 is 0 Å². The van der Waals surface area contributed by atoms with Crippen LogP contribution in [0.4, 0.5) is 0 Å². The predicted molar refractivity (Wildman–Crippen MR) is 80.8 cm³/mol. The van der Waals surface area contributed by atoms with Gasteiger partial charge in [-0.3, -0.25) is 9.78 Å². The van der Waals surface area contributed by atoms with Gasteiger partial charge < -0.3 is 10.2 Å². The van der Waals surface area contributed by atoms with Gasteiger partial charge in [0.1, 0.15) is 0 Å². The number of piperidine rings is 1. The maximum atomic E-state index is 12.6. The molecule has 1 aromatic heterocycles. The van der Waals surface area contributed by atoms with Gasteiger partial charge in [0.15, 0.2) is 0 Å². The fourth-order valence-corrected chi connectivity index (χ4v) is 2.67. The van der Waals surface area contributed by atoms with Gasteiger partial charge >= 0.3 is 0 Å². The molecule has 4 nitrogen and oxygen atoms in total. The minimum absolute atomic E-state index is 0.103. The summed E-state index contributed by atoms with van der Waals surface area (Å²) in [5.74, 6) is 0.103. The number of aryl methyl sites for hydroxylation is 1. The molecular weight excluding hydrogens is 250 g/mol. The zero-order valence-electron chi connectivity index (χ0n) is 12.6. The van der Waals surface area contributed by atoms with E-state index in [1.165, 1.54) is 19.3 Å². The first-order valence-corrected chi connectivity index (χ1v) is 7.66. The van der Waals surface area contributed by atoms with E-state index in [2.05, 4.69) is 17.2 Å². The van der Waals surface area contributed by atoms with Gasteiger partial charge in [-0.25, -0.2) is 0 Å². The van der Waals surface area contributed by atoms with Crippen molar-refractivity contribution in [2.45, 2.75) is 45.6 Å². The summed E-state index contributed by atoms with van der Waals surface area (Å²) in [4.78, 5) is 18.8. The van der Waals surface area contributed by atoms with Crippen molar-refractivity contribution in [1.82, 2.24) is 15.2 Å². The van der Waals surface area contributed by atoms with Gasteiger partial charge in [-0.15, -0.1) is 0 Å². The van der Waals surface area contributed by atoms with E-state index >= 15 is 0 Å². The predicted octanol–water partition coefficient (Wildman–Crippen LogP) is 2.38. The van der Waals surface area contributed by atoms with Gasteiger partial charge in [-0.2, -0.15) is 0 Å². The maximum Gasteiger partial charge on any atom is 0.255 e. The van der Waals surface area contributed by atoms with Crippen LogP contribution >= 0.6 is 0 Å². The normalized spacial score (nSPS) is 18.8. The Morgan fingerprint density at radius 3 is 2.90 bits per heavy atom. The highest BCUT2D eigenvalue weighted by Crippen LogP contribution is 2.11. The smallest absolute Gasteiger partial charge is 0.255 e. The van der Waals surface area contributed by atoms with Crippen molar-refractivity contribution in [3.8, 4) is 0 Å². The van der Waals surface area contributed by atoms with E-state index in [9.17, 15) is 4.79 Å². The molecule has 0 radical (unpaired) electrons. The summed E-state index contributed by atoms with van der Waals surface area (Å²) >= 11 is 0. The Kier molecular flexibility index (Phi) is 5.53. The highest BCUT2D eigenvalue weighted by atomic mass is 16.2. The van der Waals surface area contributed by atoms with Crippen molar-refractivity contribution >= 4 is 5.91 Å². The van der Waals surface area contributed by atoms with Crippen molar-refractivity contribution in [3.05, 3.63) is 29.6 Å². The van der Waals surface area contributed by atoms with E-state index in [0.29, 0.717) is 11.6 Å². The molecule has 1 atom stereocenters. The molecule has 0 aliphatic carbocycles. The highest BCUT2D eigenvalue weighted by molar-refractivity contribution is 5.93. The molecule has 1 aliphatic heterocycles. The number of nitrogens with zero attached hydrogens (tertiary/aromatic N) is 2. The van der Waals surface area contributed by atoms with Crippen LogP contribution in [-0.4, -0.2) is 41.5 Å². The van der Waals surface area contributed by atoms with Crippen molar-refractivity contribution in [1.29, 1.82) is 0 Å². The van der Waals surface area contributed by atoms with Crippen LogP contribution in [0.2, 0.25) is 0 Å². The fourth-order valence-electron chi connectivity index (χ4n) is 2.67. The van der Waals surface area contributed by atoms with Gasteiger partial charge in [-0.05, 0) is 44.9 Å². The van der Waals surface area contributed by atoms with Crippen molar-refractivity contribution < 1.29 is 4.79 Å². The second-order valence-corrected chi connectivity index (χ2v) is 5.59. The summed E-state index contributed by atoms with van der Waals surface area (Å²) in [6, 6.07) is 4.22. The average Bonchev–Trinajstić information content (AvgIpc) is 2.48. The molecule has 110 valence electrons. The summed E-state index contributed by atoms with van der Waals surface area (Å²) in [7, 11) is 0. The van der Waals surface area contributed by atoms with Gasteiger partial charge in [0, 0.05) is 31.0 Å². The molecule has 20 heavy (non-hydrogen) atoms. The Morgan fingerprint density at radius 1 is 1.45 bits per heavy atom. The van der Waals surface area contributed by atoms with Crippen LogP contribution in [0.3, 0.4) is 0 Å². The monoisotopic (exact) mass is 275 g/mol. The lowest BCUT2D eigenvalue weighted by Crippen LogP contribution is -2.46. The maximum absolute atomic E-state index is 12.6. The molecule has 1 fully saturated rings. The second kappa shape index (κ2) is 7.39. The molecule has 1 aromatic rings. The Labute approximate surface area is 121 Å². The Morgan fingerprint density at radius 2 is 2.30 bits per heavy atom. The van der Waals surface area contributed by atoms with Gasteiger partial charge in [0.2, 0.25) is 0 Å². The van der Waals surface area contributed by atoms with Crippen LogP contribution in [0.25, 0.3) is 0 Å². The van der Waals surface area contributed by atoms with Gasteiger partial charge in [0.05, 0.1) is 5.56 Å². The number of carbonyl (C=O) groups excluding carboxylic acids is 1. The van der Waals surface area contributed by atoms with Crippen LogP contribution in [0, 0.1) is 6.92 Å². The Balaban J connectivity index is 2.02. The summed E-state index contributed by atoms with van der Waals surface area (Å²) in [6.07, 6.45) is 6.35. The molecular formula is C16H25N3O. The van der Waals surface area contributed by atoms with E-state index in [0.717, 1.165) is 31.7 Å². The number of aromatic nitrogens is 1. The number of rotatable bonds is 5. The molecule has 1 N–H and O–H groups in total. The number of pyridine rings is 1. The van der Waals surface area contributed by atoms with Gasteiger partial charge in [-0.1, -0.05) is 13.3 Å². The summed E-state index contributed by atoms with van der Waals surface area (Å²) < 4.78 is 0. The van der Waals surface area contributed by atoms with Crippen LogP contribution in [-0.2, 0) is 0 Å². The zero-order valence-corrected chi connectivity index (χ0v) is 12.6. The fraction of sp³-hybridized carbons (Fsp3) is 0.625. The third kappa shape index (κ3) is 4.04. The molecule has 0 spiro atoms. The summed E-state index contributed by atoms with van der Waals surface area (Å²) in [6.45, 7) is 6.74. The number of amides is 1. The largest absolute Gasteiger partial charge is 0.337 e. The molecule has 2 rings (SSSR count). The lowest BCUT2D eigenvalue weighted by atomic mass is 10.0. The van der Waals surface area contributed by atoms with E-state index in [1.807, 2.05) is 24.0 Å². The molecule has 1 unspecified atom stereocenters. The second-order valence-electron chi connectivity index (χ2n) is 5.59. The summed E-state index contributed by atoms with van der Waals surface area (Å²) in [5, 5.41) is 3.51. The van der Waals surface area contributed by atoms with E-state index in [4.69, 9.17) is 0 Å². The molecule has 1 saturated heterocycles. The van der Waals surface area contributed by atoms with Crippen LogP contribution in [0.1, 0.15) is 48.7 Å². The molecule has 2 heterocycles. The number of carbonyl (C=O) groups is 1. The number of hydrogen-bond donors (Lipinski definition) is 1. The number of hydrogen-bond acceptors (Lipinski definition) is 3. The molecule has 0 aromatic carbocycles. The van der Waals surface area contributed by atoms with Crippen molar-refractivity contribution in [3.63, 3.8) is 0 Å². The molecule has 1 amide bonds. The standard InChI is InChI=1S/C16H25N3O/c1-3-10-19(12-15-6-4-5-9-17-15)16(20)14-8-7-13(2)18-11-14/h7-8,11,15,17H,3-6,9-10,12H2,1-2H3. The molecule has 0 saturated carbocycles. The average molecular weight is 275 g/mol. The first-order chi connectivity index (χ1) is 9.70. The lowest BCUT2D eigenvalue weighted by Gasteiger charge is -2.30. The van der Waals surface area contributed by atoms with Gasteiger partial charge in [0.25, 0.3) is 5.91 Å². The Bertz CT molecular complexity index is 424. The van der Waals surface area contributed by atoms with Crippen molar-refractivity contribution in [2.24, 2.45) is 0 Å². The Hall–Kier alpha value is -1.42.